The number of fused-ring (bicyclic) bond motifs is 1. The molecule has 21 heavy (non-hydrogen) atoms. The van der Waals surface area contributed by atoms with E-state index in [-0.39, 0.29) is 0 Å². The summed E-state index contributed by atoms with van der Waals surface area (Å²) in [7, 11) is 0. The highest BCUT2D eigenvalue weighted by atomic mass is 16.3. The van der Waals surface area contributed by atoms with Gasteiger partial charge in [0.25, 0.3) is 0 Å². The van der Waals surface area contributed by atoms with Crippen LogP contribution in [0.25, 0.3) is 11.0 Å². The van der Waals surface area contributed by atoms with Gasteiger partial charge in [-0.2, -0.15) is 0 Å². The summed E-state index contributed by atoms with van der Waals surface area (Å²) in [5.74, 6) is 1.09. The number of benzene rings is 1. The summed E-state index contributed by atoms with van der Waals surface area (Å²) in [4.78, 5) is 2.45. The lowest BCUT2D eigenvalue weighted by molar-refractivity contribution is 0.217. The molecule has 0 saturated carbocycles. The average Bonchev–Trinajstić information content (AvgIpc) is 2.81. The van der Waals surface area contributed by atoms with Crippen LogP contribution in [0, 0.1) is 27.7 Å². The van der Waals surface area contributed by atoms with Crippen LogP contribution < -0.4 is 11.1 Å². The molecular weight excluding hydrogens is 262 g/mol. The van der Waals surface area contributed by atoms with Crippen molar-refractivity contribution < 1.29 is 4.42 Å². The summed E-state index contributed by atoms with van der Waals surface area (Å²) in [5, 5.41) is 4.60. The fourth-order valence-corrected chi connectivity index (χ4v) is 3.29. The van der Waals surface area contributed by atoms with E-state index < -0.39 is 0 Å². The molecule has 0 aliphatic carbocycles. The maximum Gasteiger partial charge on any atom is 0.138 e. The summed E-state index contributed by atoms with van der Waals surface area (Å²) in [5.41, 5.74) is 12.9. The molecule has 2 aromatic rings. The van der Waals surface area contributed by atoms with Gasteiger partial charge >= 0.3 is 0 Å². The van der Waals surface area contributed by atoms with Gasteiger partial charge in [0.05, 0.1) is 6.54 Å². The number of anilines is 1. The van der Waals surface area contributed by atoms with E-state index in [4.69, 9.17) is 10.2 Å². The standard InChI is InChI=1S/C17H25N3O/c1-10-11(2)17-15(13(4)16(10)18)12(3)14(21-17)9-20-7-5-19-6-8-20/h19H,5-9,18H2,1-4H3. The van der Waals surface area contributed by atoms with Crippen LogP contribution in [-0.4, -0.2) is 31.1 Å². The van der Waals surface area contributed by atoms with E-state index in [1.807, 2.05) is 0 Å². The summed E-state index contributed by atoms with van der Waals surface area (Å²) in [6.07, 6.45) is 0. The normalized spacial score (nSPS) is 16.8. The molecule has 3 rings (SSSR count). The smallest absolute Gasteiger partial charge is 0.138 e. The van der Waals surface area contributed by atoms with E-state index in [0.717, 1.165) is 60.9 Å². The number of aryl methyl sites for hydroxylation is 3. The Bertz CT molecular complexity index is 681. The molecule has 0 amide bonds. The first-order valence-corrected chi connectivity index (χ1v) is 7.71. The Morgan fingerprint density at radius 2 is 1.67 bits per heavy atom. The molecule has 1 saturated heterocycles. The number of piperazine rings is 1. The molecule has 1 aromatic heterocycles. The number of hydrogen-bond acceptors (Lipinski definition) is 4. The van der Waals surface area contributed by atoms with Crippen LogP contribution in [0.15, 0.2) is 4.42 Å². The van der Waals surface area contributed by atoms with Crippen molar-refractivity contribution in [2.75, 3.05) is 31.9 Å². The fourth-order valence-electron chi connectivity index (χ4n) is 3.29. The van der Waals surface area contributed by atoms with Crippen LogP contribution in [-0.2, 0) is 6.54 Å². The highest BCUT2D eigenvalue weighted by Gasteiger charge is 2.20. The zero-order valence-electron chi connectivity index (χ0n) is 13.5. The first-order valence-electron chi connectivity index (χ1n) is 7.71. The largest absolute Gasteiger partial charge is 0.459 e. The van der Waals surface area contributed by atoms with Crippen LogP contribution in [0.2, 0.25) is 0 Å². The lowest BCUT2D eigenvalue weighted by atomic mass is 9.97. The third kappa shape index (κ3) is 2.32. The molecule has 2 heterocycles. The Labute approximate surface area is 126 Å². The van der Waals surface area contributed by atoms with E-state index in [0.29, 0.717) is 0 Å². The van der Waals surface area contributed by atoms with Crippen molar-refractivity contribution in [2.24, 2.45) is 0 Å². The molecule has 0 spiro atoms. The zero-order valence-corrected chi connectivity index (χ0v) is 13.5. The third-order valence-electron chi connectivity index (χ3n) is 4.91. The van der Waals surface area contributed by atoms with Gasteiger partial charge in [-0.1, -0.05) is 0 Å². The Morgan fingerprint density at radius 3 is 2.33 bits per heavy atom. The Morgan fingerprint density at radius 1 is 1.00 bits per heavy atom. The molecule has 1 aromatic carbocycles. The van der Waals surface area contributed by atoms with Crippen molar-refractivity contribution in [2.45, 2.75) is 34.2 Å². The summed E-state index contributed by atoms with van der Waals surface area (Å²) < 4.78 is 6.23. The van der Waals surface area contributed by atoms with Crippen molar-refractivity contribution in [1.82, 2.24) is 10.2 Å². The van der Waals surface area contributed by atoms with E-state index in [1.165, 1.54) is 16.5 Å². The second kappa shape index (κ2) is 5.35. The van der Waals surface area contributed by atoms with Crippen LogP contribution in [0.4, 0.5) is 5.69 Å². The van der Waals surface area contributed by atoms with Crippen LogP contribution in [0.3, 0.4) is 0 Å². The molecule has 3 N–H and O–H groups in total. The van der Waals surface area contributed by atoms with Crippen molar-refractivity contribution >= 4 is 16.7 Å². The SMILES string of the molecule is Cc1c(N)c(C)c2c(C)c(CN3CCNCC3)oc2c1C. The van der Waals surface area contributed by atoms with Crippen molar-refractivity contribution in [3.05, 3.63) is 28.0 Å². The Hall–Kier alpha value is -1.52. The molecule has 0 bridgehead atoms. The van der Waals surface area contributed by atoms with Gasteiger partial charge in [-0.05, 0) is 44.4 Å². The van der Waals surface area contributed by atoms with Gasteiger partial charge in [-0.25, -0.2) is 0 Å². The van der Waals surface area contributed by atoms with Crippen molar-refractivity contribution in [3.63, 3.8) is 0 Å². The van der Waals surface area contributed by atoms with E-state index in [1.54, 1.807) is 0 Å². The van der Waals surface area contributed by atoms with Crippen molar-refractivity contribution in [1.29, 1.82) is 0 Å². The summed E-state index contributed by atoms with van der Waals surface area (Å²) >= 11 is 0. The Balaban J connectivity index is 2.07. The first-order chi connectivity index (χ1) is 10.0. The van der Waals surface area contributed by atoms with Crippen LogP contribution in [0.5, 0.6) is 0 Å². The first kappa shape index (κ1) is 14.4. The highest BCUT2D eigenvalue weighted by molar-refractivity contribution is 5.93. The quantitative estimate of drug-likeness (QED) is 0.834. The van der Waals surface area contributed by atoms with Gasteiger partial charge in [0, 0.05) is 42.8 Å². The fraction of sp³-hybridized carbons (Fsp3) is 0.529. The van der Waals surface area contributed by atoms with Crippen LogP contribution in [0.1, 0.15) is 28.0 Å². The number of nitrogens with zero attached hydrogens (tertiary/aromatic N) is 1. The minimum Gasteiger partial charge on any atom is -0.459 e. The highest BCUT2D eigenvalue weighted by Crippen LogP contribution is 2.36. The summed E-state index contributed by atoms with van der Waals surface area (Å²) in [6, 6.07) is 0. The van der Waals surface area contributed by atoms with Gasteiger partial charge in [-0.15, -0.1) is 0 Å². The number of nitrogens with two attached hydrogens (primary N) is 1. The molecule has 1 fully saturated rings. The maximum atomic E-state index is 6.25. The van der Waals surface area contributed by atoms with Gasteiger partial charge in [0.1, 0.15) is 11.3 Å². The lowest BCUT2D eigenvalue weighted by Gasteiger charge is -2.26. The topological polar surface area (TPSA) is 54.4 Å². The predicted octanol–water partition coefficient (Wildman–Crippen LogP) is 2.65. The number of nitrogens with one attached hydrogen (secondary N) is 1. The molecule has 0 radical (unpaired) electrons. The maximum absolute atomic E-state index is 6.25. The molecule has 1 aliphatic heterocycles. The van der Waals surface area contributed by atoms with Gasteiger partial charge in [0.2, 0.25) is 0 Å². The van der Waals surface area contributed by atoms with E-state index in [9.17, 15) is 0 Å². The summed E-state index contributed by atoms with van der Waals surface area (Å²) in [6.45, 7) is 13.6. The zero-order chi connectivity index (χ0) is 15.1. The number of nitrogen functional groups attached to an aromatic ring is 1. The van der Waals surface area contributed by atoms with Gasteiger partial charge in [-0.3, -0.25) is 4.90 Å². The molecular formula is C17H25N3O. The van der Waals surface area contributed by atoms with Gasteiger partial charge in [0.15, 0.2) is 0 Å². The minimum absolute atomic E-state index is 0.889. The molecule has 4 heteroatoms. The second-order valence-corrected chi connectivity index (χ2v) is 6.17. The van der Waals surface area contributed by atoms with E-state index >= 15 is 0 Å². The Kier molecular flexibility index (Phi) is 3.68. The molecule has 0 atom stereocenters. The lowest BCUT2D eigenvalue weighted by Crippen LogP contribution is -2.42. The second-order valence-electron chi connectivity index (χ2n) is 6.17. The van der Waals surface area contributed by atoms with E-state index in [2.05, 4.69) is 37.9 Å². The third-order valence-corrected chi connectivity index (χ3v) is 4.91. The molecule has 114 valence electrons. The number of hydrogen-bond donors (Lipinski definition) is 2. The number of rotatable bonds is 2. The van der Waals surface area contributed by atoms with Crippen molar-refractivity contribution in [3.8, 4) is 0 Å². The predicted molar refractivity (Wildman–Crippen MR) is 87.7 cm³/mol. The van der Waals surface area contributed by atoms with Gasteiger partial charge < -0.3 is 15.5 Å². The van der Waals surface area contributed by atoms with Crippen LogP contribution >= 0.6 is 0 Å². The molecule has 0 unspecified atom stereocenters. The minimum atomic E-state index is 0.889. The molecule has 4 nitrogen and oxygen atoms in total. The monoisotopic (exact) mass is 287 g/mol. The molecule has 1 aliphatic rings. The number of furan rings is 1. The average molecular weight is 287 g/mol.